The van der Waals surface area contributed by atoms with Crippen LogP contribution in [0.1, 0.15) is 80.4 Å². The van der Waals surface area contributed by atoms with Gasteiger partial charge in [-0.3, -0.25) is 0 Å². The van der Waals surface area contributed by atoms with Crippen molar-refractivity contribution in [3.8, 4) is 0 Å². The molecule has 0 heterocycles. The van der Waals surface area contributed by atoms with Gasteiger partial charge < -0.3 is 4.74 Å². The van der Waals surface area contributed by atoms with Crippen LogP contribution in [-0.2, 0) is 10.2 Å². The molecule has 0 saturated heterocycles. The second kappa shape index (κ2) is 16.2. The number of benzene rings is 1. The zero-order chi connectivity index (χ0) is 24.6. The zero-order valence-corrected chi connectivity index (χ0v) is 21.8. The first kappa shape index (κ1) is 30.7. The molecule has 0 bridgehead atoms. The molecule has 0 N–H and O–H groups in total. The lowest BCUT2D eigenvalue weighted by atomic mass is 9.86. The minimum atomic E-state index is 0.0974. The summed E-state index contributed by atoms with van der Waals surface area (Å²) >= 11 is 0. The predicted octanol–water partition coefficient (Wildman–Crippen LogP) is 9.81. The minimum Gasteiger partial charge on any atom is -0.462 e. The van der Waals surface area contributed by atoms with Gasteiger partial charge in [0.15, 0.2) is 0 Å². The summed E-state index contributed by atoms with van der Waals surface area (Å²) in [6.07, 6.45) is 10.2. The first-order valence-corrected chi connectivity index (χ1v) is 11.2. The lowest BCUT2D eigenvalue weighted by Gasteiger charge is -2.20. The number of rotatable bonds is 7. The van der Waals surface area contributed by atoms with Crippen LogP contribution in [0.25, 0.3) is 5.76 Å². The Kier molecular flexibility index (Phi) is 16.0. The van der Waals surface area contributed by atoms with E-state index in [-0.39, 0.29) is 11.3 Å². The Morgan fingerprint density at radius 2 is 1.45 bits per heavy atom. The van der Waals surface area contributed by atoms with Gasteiger partial charge in [-0.15, -0.1) is 6.58 Å². The van der Waals surface area contributed by atoms with E-state index in [4.69, 9.17) is 4.74 Å². The molecule has 1 nitrogen and oxygen atoms in total. The van der Waals surface area contributed by atoms with Gasteiger partial charge in [0.1, 0.15) is 11.5 Å². The van der Waals surface area contributed by atoms with E-state index in [0.717, 1.165) is 5.56 Å². The minimum absolute atomic E-state index is 0.0974. The molecule has 0 saturated carbocycles. The van der Waals surface area contributed by atoms with Crippen LogP contribution >= 0.6 is 0 Å². The highest BCUT2D eigenvalue weighted by Gasteiger charge is 2.14. The highest BCUT2D eigenvalue weighted by molar-refractivity contribution is 5.58. The highest BCUT2D eigenvalue weighted by Crippen LogP contribution is 2.26. The number of ether oxygens (including phenoxy) is 1. The lowest BCUT2D eigenvalue weighted by Crippen LogP contribution is -2.10. The Balaban J connectivity index is 0. The maximum atomic E-state index is 5.90. The molecule has 1 aromatic rings. The van der Waals surface area contributed by atoms with Gasteiger partial charge >= 0.3 is 0 Å². The molecule has 31 heavy (non-hydrogen) atoms. The average Bonchev–Trinajstić information content (AvgIpc) is 2.75. The maximum absolute atomic E-state index is 5.90. The lowest BCUT2D eigenvalue weighted by molar-refractivity contribution is 0.346. The molecule has 1 atom stereocenters. The van der Waals surface area contributed by atoms with Crippen molar-refractivity contribution in [2.24, 2.45) is 5.92 Å². The standard InChI is InChI=1S/C25H34O.C3H6.C2H6/c1-10-18(3)22(11-2)13-12-19(4)20(5)26-21(6)23-14-16-24(17-15-23)25(7,8)9;1-3-2;1-2/h10-17,19H,5-6H2,1-4,7-9H3;3H,1H2,2H3;1-2H3/b13-12-,18-10+,22-11+;;. The fourth-order valence-electron chi connectivity index (χ4n) is 2.44. The van der Waals surface area contributed by atoms with Gasteiger partial charge in [0.2, 0.25) is 0 Å². The third-order valence-electron chi connectivity index (χ3n) is 4.60. The summed E-state index contributed by atoms with van der Waals surface area (Å²) in [6, 6.07) is 8.39. The normalized spacial score (nSPS) is 12.7. The summed E-state index contributed by atoms with van der Waals surface area (Å²) in [5.41, 5.74) is 4.88. The van der Waals surface area contributed by atoms with Gasteiger partial charge in [0.25, 0.3) is 0 Å². The SMILES string of the molecule is C=C(OC(=C)C(C)\C=C/C(=C\C)C(/C)=C/C)c1ccc(C(C)(C)C)cc1.C=CC.CC. The number of allylic oxidation sites excluding steroid dienone is 7. The molecule has 0 aliphatic carbocycles. The van der Waals surface area contributed by atoms with Crippen LogP contribution < -0.4 is 0 Å². The molecule has 172 valence electrons. The topological polar surface area (TPSA) is 9.23 Å². The van der Waals surface area contributed by atoms with E-state index >= 15 is 0 Å². The van der Waals surface area contributed by atoms with E-state index in [2.05, 4.69) is 103 Å². The van der Waals surface area contributed by atoms with Gasteiger partial charge in [-0.25, -0.2) is 0 Å². The van der Waals surface area contributed by atoms with Crippen LogP contribution in [0, 0.1) is 5.92 Å². The quantitative estimate of drug-likeness (QED) is 0.241. The Hall–Kier alpha value is -2.54. The number of hydrogen-bond donors (Lipinski definition) is 0. The predicted molar refractivity (Wildman–Crippen MR) is 143 cm³/mol. The van der Waals surface area contributed by atoms with Crippen LogP contribution in [0.5, 0.6) is 0 Å². The molecule has 0 fully saturated rings. The van der Waals surface area contributed by atoms with Crippen LogP contribution in [-0.4, -0.2) is 0 Å². The fourth-order valence-corrected chi connectivity index (χ4v) is 2.44. The summed E-state index contributed by atoms with van der Waals surface area (Å²) in [7, 11) is 0. The largest absolute Gasteiger partial charge is 0.462 e. The van der Waals surface area contributed by atoms with Crippen LogP contribution in [0.3, 0.4) is 0 Å². The van der Waals surface area contributed by atoms with E-state index in [1.165, 1.54) is 16.7 Å². The first-order chi connectivity index (χ1) is 14.5. The first-order valence-electron chi connectivity index (χ1n) is 11.2. The van der Waals surface area contributed by atoms with Gasteiger partial charge in [-0.2, -0.15) is 0 Å². The van der Waals surface area contributed by atoms with Gasteiger partial charge in [0, 0.05) is 11.5 Å². The number of hydrogen-bond acceptors (Lipinski definition) is 1. The zero-order valence-electron chi connectivity index (χ0n) is 21.8. The second-order valence-electron chi connectivity index (χ2n) is 8.09. The van der Waals surface area contributed by atoms with Crippen LogP contribution in [0.2, 0.25) is 0 Å². The second-order valence-corrected chi connectivity index (χ2v) is 8.09. The maximum Gasteiger partial charge on any atom is 0.126 e. The Labute approximate surface area is 193 Å². The smallest absolute Gasteiger partial charge is 0.126 e. The van der Waals surface area contributed by atoms with Crippen molar-refractivity contribution < 1.29 is 4.74 Å². The van der Waals surface area contributed by atoms with E-state index in [1.54, 1.807) is 6.08 Å². The molecule has 1 unspecified atom stereocenters. The van der Waals surface area contributed by atoms with E-state index in [1.807, 2.05) is 34.6 Å². The molecule has 1 heteroatoms. The van der Waals surface area contributed by atoms with Crippen molar-refractivity contribution in [3.05, 3.63) is 102 Å². The van der Waals surface area contributed by atoms with Gasteiger partial charge in [-0.05, 0) is 49.8 Å². The van der Waals surface area contributed by atoms with Gasteiger partial charge in [0.05, 0.1) is 0 Å². The molecule has 0 aromatic heterocycles. The summed E-state index contributed by atoms with van der Waals surface area (Å²) in [5, 5.41) is 0. The van der Waals surface area contributed by atoms with Crippen LogP contribution in [0.4, 0.5) is 0 Å². The van der Waals surface area contributed by atoms with Crippen molar-refractivity contribution in [1.82, 2.24) is 0 Å². The molecule has 0 radical (unpaired) electrons. The van der Waals surface area contributed by atoms with Crippen molar-refractivity contribution >= 4 is 5.76 Å². The molecular formula is C30H46O. The Morgan fingerprint density at radius 1 is 0.968 bits per heavy atom. The van der Waals surface area contributed by atoms with Crippen molar-refractivity contribution in [3.63, 3.8) is 0 Å². The van der Waals surface area contributed by atoms with Crippen molar-refractivity contribution in [2.75, 3.05) is 0 Å². The van der Waals surface area contributed by atoms with Crippen molar-refractivity contribution in [1.29, 1.82) is 0 Å². The van der Waals surface area contributed by atoms with E-state index in [0.29, 0.717) is 11.5 Å². The summed E-state index contributed by atoms with van der Waals surface area (Å²) in [4.78, 5) is 0. The highest BCUT2D eigenvalue weighted by atomic mass is 16.5. The molecule has 0 aliphatic rings. The third kappa shape index (κ3) is 12.0. The Morgan fingerprint density at radius 3 is 1.84 bits per heavy atom. The summed E-state index contributed by atoms with van der Waals surface area (Å²) in [6.45, 7) is 32.3. The summed E-state index contributed by atoms with van der Waals surface area (Å²) in [5.74, 6) is 1.42. The third-order valence-corrected chi connectivity index (χ3v) is 4.60. The molecule has 0 aliphatic heterocycles. The summed E-state index contributed by atoms with van der Waals surface area (Å²) < 4.78 is 5.90. The van der Waals surface area contributed by atoms with E-state index in [9.17, 15) is 0 Å². The van der Waals surface area contributed by atoms with Crippen molar-refractivity contribution in [2.45, 2.75) is 74.7 Å². The molecule has 1 rings (SSSR count). The molecule has 0 spiro atoms. The van der Waals surface area contributed by atoms with E-state index < -0.39 is 0 Å². The Bertz CT molecular complexity index is 762. The molecule has 0 amide bonds. The average molecular weight is 423 g/mol. The molecular weight excluding hydrogens is 376 g/mol. The van der Waals surface area contributed by atoms with Gasteiger partial charge in [-0.1, -0.05) is 109 Å². The monoisotopic (exact) mass is 422 g/mol. The van der Waals surface area contributed by atoms with Crippen LogP contribution in [0.15, 0.2) is 91.3 Å². The molecule has 1 aromatic carbocycles. The fraction of sp³-hybridized carbons (Fsp3) is 0.400.